The summed E-state index contributed by atoms with van der Waals surface area (Å²) in [6.45, 7) is 4.99. The van der Waals surface area contributed by atoms with Crippen LogP contribution in [-0.4, -0.2) is 24.9 Å². The number of benzene rings is 2. The molecule has 0 saturated carbocycles. The average molecular weight is 354 g/mol. The van der Waals surface area contributed by atoms with Crippen LogP contribution in [0.15, 0.2) is 48.5 Å². The maximum atomic E-state index is 12.6. The molecule has 0 heterocycles. The number of esters is 1. The van der Waals surface area contributed by atoms with Crippen molar-refractivity contribution in [3.8, 4) is 0 Å². The fourth-order valence-corrected chi connectivity index (χ4v) is 2.19. The summed E-state index contributed by atoms with van der Waals surface area (Å²) in [5.74, 6) is -1.31. The molecule has 2 amide bonds. The second-order valence-electron chi connectivity index (χ2n) is 6.42. The van der Waals surface area contributed by atoms with Crippen molar-refractivity contribution in [3.05, 3.63) is 59.7 Å². The number of para-hydroxylation sites is 1. The number of amides is 2. The molecule has 0 bridgehead atoms. The number of carbonyl (C=O) groups excluding carboxylic acids is 3. The summed E-state index contributed by atoms with van der Waals surface area (Å²) < 4.78 is 4.63. The second-order valence-corrected chi connectivity index (χ2v) is 6.42. The second kappa shape index (κ2) is 7.82. The zero-order valence-electron chi connectivity index (χ0n) is 15.3. The minimum Gasteiger partial charge on any atom is -0.465 e. The summed E-state index contributed by atoms with van der Waals surface area (Å²) in [6.07, 6.45) is 0. The summed E-state index contributed by atoms with van der Waals surface area (Å²) in [5, 5.41) is 5.48. The lowest BCUT2D eigenvalue weighted by molar-refractivity contribution is -0.135. The molecule has 26 heavy (non-hydrogen) atoms. The fourth-order valence-electron chi connectivity index (χ4n) is 2.19. The predicted octanol–water partition coefficient (Wildman–Crippen LogP) is 3.39. The Kier molecular flexibility index (Phi) is 5.77. The van der Waals surface area contributed by atoms with E-state index >= 15 is 0 Å². The number of ether oxygens (including phenoxy) is 1. The summed E-state index contributed by atoms with van der Waals surface area (Å²) in [7, 11) is 1.30. The van der Waals surface area contributed by atoms with Gasteiger partial charge in [-0.05, 0) is 56.7 Å². The molecule has 0 spiro atoms. The van der Waals surface area contributed by atoms with Gasteiger partial charge in [0.05, 0.1) is 12.7 Å². The van der Waals surface area contributed by atoms with Gasteiger partial charge in [-0.1, -0.05) is 18.2 Å². The topological polar surface area (TPSA) is 84.5 Å². The van der Waals surface area contributed by atoms with Gasteiger partial charge in [-0.3, -0.25) is 9.59 Å². The number of anilines is 2. The molecule has 0 unspecified atom stereocenters. The van der Waals surface area contributed by atoms with Crippen molar-refractivity contribution in [1.82, 2.24) is 0 Å². The van der Waals surface area contributed by atoms with Crippen molar-refractivity contribution < 1.29 is 19.1 Å². The van der Waals surface area contributed by atoms with Crippen molar-refractivity contribution in [1.29, 1.82) is 0 Å². The van der Waals surface area contributed by atoms with Crippen LogP contribution in [0.5, 0.6) is 0 Å². The highest BCUT2D eigenvalue weighted by molar-refractivity contribution is 6.14. The first-order valence-corrected chi connectivity index (χ1v) is 8.12. The Morgan fingerprint density at radius 3 is 2.04 bits per heavy atom. The van der Waals surface area contributed by atoms with Crippen LogP contribution in [0, 0.1) is 12.3 Å². The number of hydrogen-bond acceptors (Lipinski definition) is 4. The van der Waals surface area contributed by atoms with Gasteiger partial charge in [0.2, 0.25) is 11.8 Å². The molecule has 2 aromatic carbocycles. The number of hydrogen-bond donors (Lipinski definition) is 2. The molecule has 0 aliphatic heterocycles. The molecule has 136 valence electrons. The molecule has 2 N–H and O–H groups in total. The normalized spacial score (nSPS) is 10.8. The molecule has 0 aliphatic rings. The van der Waals surface area contributed by atoms with Gasteiger partial charge in [0.1, 0.15) is 5.41 Å². The zero-order chi connectivity index (χ0) is 19.3. The fraction of sp³-hybridized carbons (Fsp3) is 0.250. The molecule has 2 rings (SSSR count). The Morgan fingerprint density at radius 2 is 1.46 bits per heavy atom. The van der Waals surface area contributed by atoms with Crippen LogP contribution in [0.2, 0.25) is 0 Å². The molecule has 0 fully saturated rings. The van der Waals surface area contributed by atoms with Gasteiger partial charge in [-0.25, -0.2) is 4.79 Å². The van der Waals surface area contributed by atoms with E-state index in [2.05, 4.69) is 15.4 Å². The SMILES string of the molecule is COC(=O)c1ccc(NC(=O)C(C)(C)C(=O)Nc2ccccc2C)cc1. The highest BCUT2D eigenvalue weighted by Gasteiger charge is 2.36. The average Bonchev–Trinajstić information content (AvgIpc) is 2.63. The van der Waals surface area contributed by atoms with Crippen molar-refractivity contribution >= 4 is 29.2 Å². The third-order valence-electron chi connectivity index (χ3n) is 4.09. The number of aryl methyl sites for hydroxylation is 1. The van der Waals surface area contributed by atoms with Crippen LogP contribution in [0.1, 0.15) is 29.8 Å². The monoisotopic (exact) mass is 354 g/mol. The van der Waals surface area contributed by atoms with E-state index in [4.69, 9.17) is 0 Å². The molecule has 2 aromatic rings. The van der Waals surface area contributed by atoms with Gasteiger partial charge in [0.25, 0.3) is 0 Å². The third-order valence-corrected chi connectivity index (χ3v) is 4.09. The van der Waals surface area contributed by atoms with E-state index in [-0.39, 0.29) is 0 Å². The number of rotatable bonds is 5. The molecule has 0 aromatic heterocycles. The summed E-state index contributed by atoms with van der Waals surface area (Å²) in [5.41, 5.74) is 1.15. The van der Waals surface area contributed by atoms with E-state index in [0.29, 0.717) is 16.9 Å². The first-order valence-electron chi connectivity index (χ1n) is 8.12. The zero-order valence-corrected chi connectivity index (χ0v) is 15.3. The minimum absolute atomic E-state index is 0.377. The Hall–Kier alpha value is -3.15. The summed E-state index contributed by atoms with van der Waals surface area (Å²) >= 11 is 0. The Bertz CT molecular complexity index is 826. The number of nitrogens with one attached hydrogen (secondary N) is 2. The van der Waals surface area contributed by atoms with Gasteiger partial charge in [-0.15, -0.1) is 0 Å². The largest absolute Gasteiger partial charge is 0.465 e. The predicted molar refractivity (Wildman–Crippen MR) is 100 cm³/mol. The highest BCUT2D eigenvalue weighted by Crippen LogP contribution is 2.23. The van der Waals surface area contributed by atoms with Crippen molar-refractivity contribution in [2.45, 2.75) is 20.8 Å². The maximum absolute atomic E-state index is 12.6. The first kappa shape index (κ1) is 19.2. The van der Waals surface area contributed by atoms with Crippen molar-refractivity contribution in [2.75, 3.05) is 17.7 Å². The molecule has 0 aliphatic carbocycles. The summed E-state index contributed by atoms with van der Waals surface area (Å²) in [4.78, 5) is 36.6. The minimum atomic E-state index is -1.29. The number of methoxy groups -OCH3 is 1. The van der Waals surface area contributed by atoms with Crippen LogP contribution >= 0.6 is 0 Å². The Balaban J connectivity index is 2.08. The Morgan fingerprint density at radius 1 is 0.885 bits per heavy atom. The lowest BCUT2D eigenvalue weighted by Crippen LogP contribution is -2.41. The molecule has 6 heteroatoms. The van der Waals surface area contributed by atoms with Crippen molar-refractivity contribution in [2.24, 2.45) is 5.41 Å². The van der Waals surface area contributed by atoms with Gasteiger partial charge >= 0.3 is 5.97 Å². The maximum Gasteiger partial charge on any atom is 0.337 e. The number of carbonyl (C=O) groups is 3. The molecule has 6 nitrogen and oxygen atoms in total. The van der Waals surface area contributed by atoms with E-state index in [1.165, 1.54) is 7.11 Å². The molecule has 0 saturated heterocycles. The van der Waals surface area contributed by atoms with Gasteiger partial charge in [0, 0.05) is 11.4 Å². The van der Waals surface area contributed by atoms with Crippen LogP contribution in [0.3, 0.4) is 0 Å². The lowest BCUT2D eigenvalue weighted by atomic mass is 9.90. The van der Waals surface area contributed by atoms with Crippen LogP contribution < -0.4 is 10.6 Å². The Labute approximate surface area is 152 Å². The smallest absolute Gasteiger partial charge is 0.337 e. The van der Waals surface area contributed by atoms with Crippen LogP contribution in [0.25, 0.3) is 0 Å². The van der Waals surface area contributed by atoms with E-state index in [1.54, 1.807) is 44.2 Å². The molecule has 0 atom stereocenters. The van der Waals surface area contributed by atoms with E-state index in [1.807, 2.05) is 25.1 Å². The van der Waals surface area contributed by atoms with Gasteiger partial charge < -0.3 is 15.4 Å². The van der Waals surface area contributed by atoms with Gasteiger partial charge in [-0.2, -0.15) is 0 Å². The molecule has 0 radical (unpaired) electrons. The van der Waals surface area contributed by atoms with E-state index < -0.39 is 23.2 Å². The first-order chi connectivity index (χ1) is 12.3. The van der Waals surface area contributed by atoms with E-state index in [0.717, 1.165) is 5.56 Å². The molecular formula is C20H22N2O4. The summed E-state index contributed by atoms with van der Waals surface area (Å²) in [6, 6.07) is 13.6. The quantitative estimate of drug-likeness (QED) is 0.637. The van der Waals surface area contributed by atoms with Crippen LogP contribution in [0.4, 0.5) is 11.4 Å². The van der Waals surface area contributed by atoms with Gasteiger partial charge in [0.15, 0.2) is 0 Å². The lowest BCUT2D eigenvalue weighted by Gasteiger charge is -2.23. The highest BCUT2D eigenvalue weighted by atomic mass is 16.5. The van der Waals surface area contributed by atoms with Crippen LogP contribution in [-0.2, 0) is 14.3 Å². The van der Waals surface area contributed by atoms with E-state index in [9.17, 15) is 14.4 Å². The standard InChI is InChI=1S/C20H22N2O4/c1-13-7-5-6-8-16(13)22-19(25)20(2,3)18(24)21-15-11-9-14(10-12-15)17(23)26-4/h5-12H,1-4H3,(H,21,24)(H,22,25). The van der Waals surface area contributed by atoms with Crippen molar-refractivity contribution in [3.63, 3.8) is 0 Å². The third kappa shape index (κ3) is 4.27. The molecular weight excluding hydrogens is 332 g/mol.